The predicted molar refractivity (Wildman–Crippen MR) is 248 cm³/mol. The van der Waals surface area contributed by atoms with Crippen molar-refractivity contribution in [2.45, 2.75) is 45.4 Å². The fraction of sp³-hybridized carbons (Fsp3) is 0.127. The molecular weight excluding hydrogens is 723 g/mol. The SMILES string of the molecule is CC(C)(C)c1ccc(-c2cccc3oc4ccc(N(c5ccc6c(c5)C(C)(C)c5cccc(-c7ccccc7)c5-6)c5cccc6sc7ccccc7c56)cc4c23)cc1. The summed E-state index contributed by atoms with van der Waals surface area (Å²) in [5.74, 6) is 0. The Balaban J connectivity index is 1.15. The van der Waals surface area contributed by atoms with Crippen molar-refractivity contribution in [1.82, 2.24) is 0 Å². The minimum Gasteiger partial charge on any atom is -0.456 e. The van der Waals surface area contributed by atoms with E-state index in [-0.39, 0.29) is 10.8 Å². The molecule has 2 nitrogen and oxygen atoms in total. The first-order valence-corrected chi connectivity index (χ1v) is 21.1. The van der Waals surface area contributed by atoms with Crippen LogP contribution in [0.2, 0.25) is 0 Å². The number of thiophene rings is 1. The molecule has 0 bridgehead atoms. The van der Waals surface area contributed by atoms with Crippen molar-refractivity contribution in [3.05, 3.63) is 187 Å². The van der Waals surface area contributed by atoms with E-state index in [2.05, 4.69) is 209 Å². The first-order chi connectivity index (χ1) is 28.1. The third-order valence-corrected chi connectivity index (χ3v) is 13.6. The monoisotopic (exact) mass is 765 g/mol. The van der Waals surface area contributed by atoms with Crippen molar-refractivity contribution in [3.8, 4) is 33.4 Å². The molecule has 0 fully saturated rings. The van der Waals surface area contributed by atoms with Gasteiger partial charge in [0, 0.05) is 47.7 Å². The maximum Gasteiger partial charge on any atom is 0.136 e. The number of hydrogen-bond acceptors (Lipinski definition) is 3. The van der Waals surface area contributed by atoms with E-state index >= 15 is 0 Å². The Hall–Kier alpha value is -6.42. The molecule has 2 aromatic heterocycles. The molecule has 0 aliphatic heterocycles. The van der Waals surface area contributed by atoms with Crippen molar-refractivity contribution in [2.24, 2.45) is 0 Å². The van der Waals surface area contributed by atoms with Crippen LogP contribution in [0.15, 0.2) is 174 Å². The van der Waals surface area contributed by atoms with E-state index in [0.717, 1.165) is 33.3 Å². The van der Waals surface area contributed by atoms with Crippen molar-refractivity contribution < 1.29 is 4.42 Å². The van der Waals surface area contributed by atoms with Gasteiger partial charge in [-0.1, -0.05) is 150 Å². The van der Waals surface area contributed by atoms with E-state index in [4.69, 9.17) is 4.42 Å². The Labute approximate surface area is 343 Å². The van der Waals surface area contributed by atoms with Gasteiger partial charge in [-0.2, -0.15) is 0 Å². The van der Waals surface area contributed by atoms with E-state index in [1.165, 1.54) is 75.9 Å². The van der Waals surface area contributed by atoms with Crippen LogP contribution in [0.1, 0.15) is 51.3 Å². The molecule has 0 unspecified atom stereocenters. The molecule has 10 aromatic rings. The molecule has 0 saturated heterocycles. The summed E-state index contributed by atoms with van der Waals surface area (Å²) in [5.41, 5.74) is 16.6. The van der Waals surface area contributed by atoms with E-state index in [1.807, 2.05) is 11.3 Å². The van der Waals surface area contributed by atoms with Crippen LogP contribution in [0, 0.1) is 0 Å². The van der Waals surface area contributed by atoms with Gasteiger partial charge < -0.3 is 9.32 Å². The van der Waals surface area contributed by atoms with Gasteiger partial charge in [0.25, 0.3) is 0 Å². The van der Waals surface area contributed by atoms with E-state index in [1.54, 1.807) is 0 Å². The highest BCUT2D eigenvalue weighted by molar-refractivity contribution is 7.26. The van der Waals surface area contributed by atoms with Crippen molar-refractivity contribution >= 4 is 70.5 Å². The molecule has 0 radical (unpaired) electrons. The molecule has 1 aliphatic rings. The number of nitrogens with zero attached hydrogens (tertiary/aromatic N) is 1. The van der Waals surface area contributed by atoms with E-state index < -0.39 is 0 Å². The number of anilines is 3. The highest BCUT2D eigenvalue weighted by atomic mass is 32.1. The second kappa shape index (κ2) is 12.8. The van der Waals surface area contributed by atoms with Gasteiger partial charge in [0.1, 0.15) is 11.2 Å². The summed E-state index contributed by atoms with van der Waals surface area (Å²) in [7, 11) is 0. The lowest BCUT2D eigenvalue weighted by molar-refractivity contribution is 0.590. The third-order valence-electron chi connectivity index (χ3n) is 12.4. The van der Waals surface area contributed by atoms with Crippen molar-refractivity contribution in [2.75, 3.05) is 4.90 Å². The van der Waals surface area contributed by atoms with Gasteiger partial charge in [0.05, 0.1) is 5.69 Å². The second-order valence-electron chi connectivity index (χ2n) is 17.3. The lowest BCUT2D eigenvalue weighted by Gasteiger charge is -2.29. The molecule has 2 heterocycles. The number of benzene rings is 8. The van der Waals surface area contributed by atoms with Crippen LogP contribution in [0.4, 0.5) is 17.1 Å². The van der Waals surface area contributed by atoms with Crippen LogP contribution >= 0.6 is 11.3 Å². The number of hydrogen-bond donors (Lipinski definition) is 0. The summed E-state index contributed by atoms with van der Waals surface area (Å²) in [6.45, 7) is 11.6. The summed E-state index contributed by atoms with van der Waals surface area (Å²) in [6, 6.07) is 62.6. The molecule has 8 aromatic carbocycles. The zero-order chi connectivity index (χ0) is 39.3. The first kappa shape index (κ1) is 34.8. The van der Waals surface area contributed by atoms with Gasteiger partial charge >= 0.3 is 0 Å². The zero-order valence-corrected chi connectivity index (χ0v) is 34.2. The van der Waals surface area contributed by atoms with Gasteiger partial charge in [-0.15, -0.1) is 11.3 Å². The van der Waals surface area contributed by atoms with Gasteiger partial charge in [0.2, 0.25) is 0 Å². The molecule has 11 rings (SSSR count). The summed E-state index contributed by atoms with van der Waals surface area (Å²) in [5, 5.41) is 4.80. The molecule has 0 amide bonds. The summed E-state index contributed by atoms with van der Waals surface area (Å²) < 4.78 is 9.18. The van der Waals surface area contributed by atoms with Gasteiger partial charge in [-0.25, -0.2) is 0 Å². The average molecular weight is 766 g/mol. The Kier molecular flexibility index (Phi) is 7.68. The Bertz CT molecular complexity index is 3230. The summed E-state index contributed by atoms with van der Waals surface area (Å²) in [4.78, 5) is 2.48. The minimum absolute atomic E-state index is 0.0849. The van der Waals surface area contributed by atoms with Gasteiger partial charge in [-0.05, 0) is 110 Å². The maximum atomic E-state index is 6.61. The minimum atomic E-state index is -0.194. The molecule has 0 atom stereocenters. The average Bonchev–Trinajstić information content (AvgIpc) is 3.89. The van der Waals surface area contributed by atoms with Crippen LogP contribution < -0.4 is 4.90 Å². The Morgan fingerprint density at radius 3 is 2.02 bits per heavy atom. The Morgan fingerprint density at radius 1 is 0.500 bits per heavy atom. The number of furan rings is 1. The highest BCUT2D eigenvalue weighted by Crippen LogP contribution is 2.54. The molecular formula is C55H43NOS. The van der Waals surface area contributed by atoms with Crippen LogP contribution in [0.5, 0.6) is 0 Å². The van der Waals surface area contributed by atoms with Gasteiger partial charge in [0.15, 0.2) is 0 Å². The molecule has 0 saturated carbocycles. The molecule has 1 aliphatic carbocycles. The smallest absolute Gasteiger partial charge is 0.136 e. The molecule has 58 heavy (non-hydrogen) atoms. The molecule has 0 N–H and O–H groups in total. The van der Waals surface area contributed by atoms with E-state index in [0.29, 0.717) is 0 Å². The quantitative estimate of drug-likeness (QED) is 0.173. The van der Waals surface area contributed by atoms with E-state index in [9.17, 15) is 0 Å². The fourth-order valence-electron chi connectivity index (χ4n) is 9.49. The summed E-state index contributed by atoms with van der Waals surface area (Å²) in [6.07, 6.45) is 0. The Morgan fingerprint density at radius 2 is 1.19 bits per heavy atom. The predicted octanol–water partition coefficient (Wildman–Crippen LogP) is 16.4. The lowest BCUT2D eigenvalue weighted by Crippen LogP contribution is -2.16. The van der Waals surface area contributed by atoms with Crippen LogP contribution in [-0.4, -0.2) is 0 Å². The topological polar surface area (TPSA) is 16.4 Å². The van der Waals surface area contributed by atoms with Crippen LogP contribution in [0.3, 0.4) is 0 Å². The maximum absolute atomic E-state index is 6.61. The number of rotatable bonds is 5. The highest BCUT2D eigenvalue weighted by Gasteiger charge is 2.37. The third kappa shape index (κ3) is 5.30. The molecule has 3 heteroatoms. The second-order valence-corrected chi connectivity index (χ2v) is 18.4. The van der Waals surface area contributed by atoms with Crippen LogP contribution in [0.25, 0.3) is 75.5 Å². The molecule has 280 valence electrons. The van der Waals surface area contributed by atoms with Gasteiger partial charge in [-0.3, -0.25) is 0 Å². The normalized spacial score (nSPS) is 13.4. The van der Waals surface area contributed by atoms with Crippen molar-refractivity contribution in [1.29, 1.82) is 0 Å². The largest absolute Gasteiger partial charge is 0.456 e. The fourth-order valence-corrected chi connectivity index (χ4v) is 10.6. The zero-order valence-electron chi connectivity index (χ0n) is 33.4. The summed E-state index contributed by atoms with van der Waals surface area (Å²) >= 11 is 1.86. The first-order valence-electron chi connectivity index (χ1n) is 20.3. The molecule has 0 spiro atoms. The standard InChI is InChI=1S/C55H43NOS/c1-54(2,3)36-26-24-35(25-27-36)40-18-12-21-48-52(40)43-32-37(29-31-47(43)57-48)56(46-20-13-23-50-53(46)42-16-9-10-22-49(42)58-50)38-28-30-41-45(33-38)55(4,5)44-19-11-17-39(51(41)44)34-14-7-6-8-15-34/h6-33H,1-5H3. The lowest BCUT2D eigenvalue weighted by atomic mass is 9.81. The number of fused-ring (bicyclic) bond motifs is 9. The van der Waals surface area contributed by atoms with Crippen molar-refractivity contribution in [3.63, 3.8) is 0 Å². The van der Waals surface area contributed by atoms with Crippen LogP contribution in [-0.2, 0) is 10.8 Å².